The summed E-state index contributed by atoms with van der Waals surface area (Å²) in [5, 5.41) is 42.4. The van der Waals surface area contributed by atoms with Gasteiger partial charge in [-0.3, -0.25) is 14.5 Å². The number of ketones is 1. The van der Waals surface area contributed by atoms with Gasteiger partial charge in [-0.05, 0) is 73.3 Å². The second kappa shape index (κ2) is 8.56. The minimum absolute atomic E-state index is 0.0883. The molecule has 3 aliphatic carbocycles. The quantitative estimate of drug-likeness (QED) is 0.350. The molecule has 6 rings (SSSR count). The van der Waals surface area contributed by atoms with Crippen molar-refractivity contribution in [3.05, 3.63) is 81.8 Å². The average Bonchev–Trinajstić information content (AvgIpc) is 3.62. The van der Waals surface area contributed by atoms with Crippen molar-refractivity contribution in [2.75, 3.05) is 14.1 Å². The van der Waals surface area contributed by atoms with Gasteiger partial charge in [0.05, 0.1) is 23.2 Å². The Morgan fingerprint density at radius 1 is 1.23 bits per heavy atom. The third-order valence-electron chi connectivity index (χ3n) is 8.55. The molecule has 1 unspecified atom stereocenters. The number of rotatable bonds is 4. The predicted octanol–water partition coefficient (Wildman–Crippen LogP) is 3.16. The molecule has 9 nitrogen and oxygen atoms in total. The van der Waals surface area contributed by atoms with Gasteiger partial charge in [-0.1, -0.05) is 24.3 Å². The summed E-state index contributed by atoms with van der Waals surface area (Å²) in [6.45, 7) is 0. The number of likely N-dealkylation sites (N-methyl/N-ethyl adjacent to an activating group) is 1. The predicted molar refractivity (Wildman–Crippen MR) is 141 cm³/mol. The van der Waals surface area contributed by atoms with Gasteiger partial charge < -0.3 is 25.8 Å². The highest BCUT2D eigenvalue weighted by molar-refractivity contribution is 6.14. The lowest BCUT2D eigenvalue weighted by Gasteiger charge is -2.45. The Bertz CT molecular complexity index is 1600. The Morgan fingerprint density at radius 3 is 2.69 bits per heavy atom. The lowest BCUT2D eigenvalue weighted by Crippen LogP contribution is -2.54. The van der Waals surface area contributed by atoms with Gasteiger partial charge in [0.25, 0.3) is 5.91 Å². The van der Waals surface area contributed by atoms with Crippen molar-refractivity contribution in [3.8, 4) is 22.9 Å². The maximum atomic E-state index is 14.0. The van der Waals surface area contributed by atoms with Crippen molar-refractivity contribution < 1.29 is 29.6 Å². The molecule has 0 saturated carbocycles. The summed E-state index contributed by atoms with van der Waals surface area (Å²) >= 11 is 0. The van der Waals surface area contributed by atoms with Crippen LogP contribution in [0.3, 0.4) is 0 Å². The van der Waals surface area contributed by atoms with Gasteiger partial charge in [0.2, 0.25) is 0 Å². The van der Waals surface area contributed by atoms with Gasteiger partial charge in [-0.15, -0.1) is 0 Å². The summed E-state index contributed by atoms with van der Waals surface area (Å²) in [6.07, 6.45) is 2.91. The molecule has 9 heteroatoms. The highest BCUT2D eigenvalue weighted by Crippen LogP contribution is 2.63. The summed E-state index contributed by atoms with van der Waals surface area (Å²) in [4.78, 5) is 28.0. The zero-order valence-electron chi connectivity index (χ0n) is 21.4. The highest BCUT2D eigenvalue weighted by Gasteiger charge is 2.75. The number of phenols is 1. The minimum Gasteiger partial charge on any atom is -0.510 e. The number of hydrogen-bond acceptors (Lipinski definition) is 8. The number of fused-ring (bicyclic) bond motifs is 2. The van der Waals surface area contributed by atoms with Crippen LogP contribution in [-0.2, 0) is 16.0 Å². The zero-order chi connectivity index (χ0) is 27.8. The number of ether oxygens (including phenoxy) is 1. The number of epoxide rings is 1. The number of primary amides is 1. The maximum Gasteiger partial charge on any atom is 0.250 e. The standard InChI is InChI=1S/C30H27N3O6/c1-33(2)24-19-13-16-12-18-17(15-7-3-5-14(11-15)6-4-10-31)8-9-20(34)22(18)25(35)21(16)27(37)30(19)28(39-30)23(26(24)36)29(32)38/h3-9,11,16,19,24,28,34,36-37H,12-13H2,1-2H3,(H2,32,38)/b6-4+/t16-,19-,24-,28?,30-/m0/s1. The topological polar surface area (TPSA) is 160 Å². The van der Waals surface area contributed by atoms with Crippen LogP contribution in [0.1, 0.15) is 27.9 Å². The molecule has 2 aromatic carbocycles. The number of benzene rings is 2. The van der Waals surface area contributed by atoms with Crippen molar-refractivity contribution in [1.29, 1.82) is 5.26 Å². The fourth-order valence-corrected chi connectivity index (χ4v) is 6.96. The lowest BCUT2D eigenvalue weighted by atomic mass is 9.60. The number of phenolic OH excluding ortho intramolecular Hbond substituents is 1. The average molecular weight is 526 g/mol. The van der Waals surface area contributed by atoms with Crippen LogP contribution in [0, 0.1) is 23.2 Å². The molecule has 0 aromatic heterocycles. The number of nitriles is 1. The SMILES string of the molecule is CN(C)[C@@H]1C(O)=C(C(N)=O)C2O[C@@]23C(O)=C2C(=O)c4c(O)ccc(-c5cccc(/C=C/C#N)c5)c4C[C@H]2C[C@@H]13. The number of hydrogen-bond donors (Lipinski definition) is 4. The first-order valence-corrected chi connectivity index (χ1v) is 12.7. The van der Waals surface area contributed by atoms with Gasteiger partial charge in [0.15, 0.2) is 11.4 Å². The Labute approximate surface area is 224 Å². The molecule has 1 amide bonds. The summed E-state index contributed by atoms with van der Waals surface area (Å²) in [5.41, 5.74) is 7.53. The Morgan fingerprint density at radius 2 is 2.00 bits per heavy atom. The molecule has 0 bridgehead atoms. The van der Waals surface area contributed by atoms with Gasteiger partial charge in [-0.2, -0.15) is 5.26 Å². The normalized spacial score (nSPS) is 29.0. The number of aliphatic hydroxyl groups excluding tert-OH is 2. The van der Waals surface area contributed by atoms with E-state index < -0.39 is 41.3 Å². The van der Waals surface area contributed by atoms with Crippen molar-refractivity contribution in [1.82, 2.24) is 4.90 Å². The summed E-state index contributed by atoms with van der Waals surface area (Å²) < 4.78 is 5.96. The van der Waals surface area contributed by atoms with Crippen LogP contribution < -0.4 is 5.73 Å². The van der Waals surface area contributed by atoms with Crippen molar-refractivity contribution in [3.63, 3.8) is 0 Å². The third-order valence-corrected chi connectivity index (χ3v) is 8.55. The Balaban J connectivity index is 1.50. The Hall–Kier alpha value is -4.39. The number of carbonyl (C=O) groups excluding carboxylic acids is 2. The molecule has 1 aliphatic heterocycles. The number of amides is 1. The number of carbonyl (C=O) groups is 2. The van der Waals surface area contributed by atoms with E-state index in [4.69, 9.17) is 15.7 Å². The van der Waals surface area contributed by atoms with E-state index in [1.165, 1.54) is 12.1 Å². The van der Waals surface area contributed by atoms with Crippen LogP contribution >= 0.6 is 0 Å². The van der Waals surface area contributed by atoms with E-state index >= 15 is 0 Å². The van der Waals surface area contributed by atoms with Crippen molar-refractivity contribution in [2.45, 2.75) is 30.6 Å². The van der Waals surface area contributed by atoms with E-state index in [9.17, 15) is 24.9 Å². The van der Waals surface area contributed by atoms with Crippen LogP contribution in [-0.4, -0.2) is 63.8 Å². The minimum atomic E-state index is -1.33. The summed E-state index contributed by atoms with van der Waals surface area (Å²) in [5.74, 6) is -2.78. The largest absolute Gasteiger partial charge is 0.510 e. The number of Topliss-reactive ketones (excluding diaryl/α,β-unsaturated/α-hetero) is 1. The number of nitrogens with two attached hydrogens (primary N) is 1. The monoisotopic (exact) mass is 525 g/mol. The molecule has 1 saturated heterocycles. The van der Waals surface area contributed by atoms with E-state index in [-0.39, 0.29) is 34.0 Å². The molecule has 198 valence electrons. The molecule has 1 fully saturated rings. The molecule has 0 radical (unpaired) electrons. The van der Waals surface area contributed by atoms with Gasteiger partial charge in [0, 0.05) is 17.6 Å². The van der Waals surface area contributed by atoms with Gasteiger partial charge in [-0.25, -0.2) is 0 Å². The molecule has 5 N–H and O–H groups in total. The molecular formula is C30H27N3O6. The van der Waals surface area contributed by atoms with E-state index in [2.05, 4.69) is 0 Å². The van der Waals surface area contributed by atoms with Crippen LogP contribution in [0.5, 0.6) is 5.75 Å². The van der Waals surface area contributed by atoms with Gasteiger partial charge in [0.1, 0.15) is 23.4 Å². The second-order valence-corrected chi connectivity index (χ2v) is 10.8. The fraction of sp³-hybridized carbons (Fsp3) is 0.300. The molecule has 39 heavy (non-hydrogen) atoms. The fourth-order valence-electron chi connectivity index (χ4n) is 6.96. The molecular weight excluding hydrogens is 498 g/mol. The van der Waals surface area contributed by atoms with E-state index in [1.54, 1.807) is 31.1 Å². The second-order valence-electron chi connectivity index (χ2n) is 10.8. The molecule has 1 heterocycles. The maximum absolute atomic E-state index is 14.0. The van der Waals surface area contributed by atoms with Crippen LogP contribution in [0.4, 0.5) is 0 Å². The third kappa shape index (κ3) is 3.38. The van der Waals surface area contributed by atoms with Crippen LogP contribution in [0.15, 0.2) is 65.1 Å². The number of nitrogens with zero attached hydrogens (tertiary/aromatic N) is 2. The van der Waals surface area contributed by atoms with Gasteiger partial charge >= 0.3 is 0 Å². The lowest BCUT2D eigenvalue weighted by molar-refractivity contribution is -0.115. The first-order chi connectivity index (χ1) is 18.6. The highest BCUT2D eigenvalue weighted by atomic mass is 16.6. The molecule has 5 atom stereocenters. The van der Waals surface area contributed by atoms with Crippen LogP contribution in [0.2, 0.25) is 0 Å². The van der Waals surface area contributed by atoms with Crippen molar-refractivity contribution >= 4 is 17.8 Å². The smallest absolute Gasteiger partial charge is 0.250 e. The summed E-state index contributed by atoms with van der Waals surface area (Å²) in [7, 11) is 3.52. The number of allylic oxidation sites excluding steroid dienone is 2. The Kier molecular flexibility index (Phi) is 5.47. The van der Waals surface area contributed by atoms with E-state index in [1.807, 2.05) is 30.3 Å². The molecule has 2 aromatic rings. The number of aromatic hydroxyl groups is 1. The molecule has 1 spiro atoms. The number of aliphatic hydroxyl groups is 2. The van der Waals surface area contributed by atoms with Crippen molar-refractivity contribution in [2.24, 2.45) is 17.6 Å². The summed E-state index contributed by atoms with van der Waals surface area (Å²) in [6, 6.07) is 12.1. The van der Waals surface area contributed by atoms with E-state index in [0.29, 0.717) is 18.4 Å². The molecule has 4 aliphatic rings. The zero-order valence-corrected chi connectivity index (χ0v) is 21.4. The first-order valence-electron chi connectivity index (χ1n) is 12.7. The van der Waals surface area contributed by atoms with E-state index in [0.717, 1.165) is 16.7 Å². The van der Waals surface area contributed by atoms with Crippen LogP contribution in [0.25, 0.3) is 17.2 Å². The first kappa shape index (κ1) is 24.9.